The Morgan fingerprint density at radius 1 is 1.40 bits per heavy atom. The molecule has 0 N–H and O–H groups in total. The second-order valence-corrected chi connectivity index (χ2v) is 4.04. The van der Waals surface area contributed by atoms with Crippen LogP contribution >= 0.6 is 0 Å². The van der Waals surface area contributed by atoms with Gasteiger partial charge in [-0.25, -0.2) is 0 Å². The fraction of sp³-hybridized carbons (Fsp3) is 0.714. The largest absolute Gasteiger partial charge is 0.388 e. The molecule has 0 fully saturated rings. The van der Waals surface area contributed by atoms with Crippen molar-refractivity contribution in [3.8, 4) is 0 Å². The van der Waals surface area contributed by atoms with Gasteiger partial charge in [-0.2, -0.15) is 0 Å². The highest BCUT2D eigenvalue weighted by Gasteiger charge is 2.09. The van der Waals surface area contributed by atoms with Gasteiger partial charge in [0.15, 0.2) is 0 Å². The average Bonchev–Trinajstić information content (AvgIpc) is 2.31. The zero-order valence-electron chi connectivity index (χ0n) is 6.67. The highest BCUT2D eigenvalue weighted by atomic mass is 28.2. The summed E-state index contributed by atoms with van der Waals surface area (Å²) in [5.41, 5.74) is 0. The third-order valence-electron chi connectivity index (χ3n) is 1.51. The Hall–Kier alpha value is -0.443. The second-order valence-electron chi connectivity index (χ2n) is 2.56. The maximum Gasteiger partial charge on any atom is 0.331 e. The SMILES string of the molecule is CCCCN1C=CN(C)[Si]1. The average molecular weight is 154 g/mol. The standard InChI is InChI=1S/C7H14N2Si/c1-3-4-5-9-7-6-8(2)10-9/h6-7H,3-5H2,1-2H3. The number of nitrogens with zero attached hydrogens (tertiary/aromatic N) is 2. The van der Waals surface area contributed by atoms with Crippen molar-refractivity contribution in [2.75, 3.05) is 13.6 Å². The van der Waals surface area contributed by atoms with Gasteiger partial charge in [-0.15, -0.1) is 0 Å². The molecule has 1 aliphatic rings. The molecule has 1 heterocycles. The Bertz CT molecular complexity index is 125. The lowest BCUT2D eigenvalue weighted by molar-refractivity contribution is 0.546. The molecule has 0 bridgehead atoms. The van der Waals surface area contributed by atoms with Crippen LogP contribution in [0.5, 0.6) is 0 Å². The summed E-state index contributed by atoms with van der Waals surface area (Å²) in [4.78, 5) is 0. The van der Waals surface area contributed by atoms with Gasteiger partial charge in [-0.3, -0.25) is 0 Å². The summed E-state index contributed by atoms with van der Waals surface area (Å²) in [7, 11) is 2.95. The number of unbranched alkanes of at least 4 members (excludes halogenated alkanes) is 1. The van der Waals surface area contributed by atoms with E-state index in [1.807, 2.05) is 0 Å². The summed E-state index contributed by atoms with van der Waals surface area (Å²) in [6.45, 7) is 3.45. The molecular formula is C7H14N2Si. The van der Waals surface area contributed by atoms with E-state index in [0.29, 0.717) is 0 Å². The van der Waals surface area contributed by atoms with E-state index in [9.17, 15) is 0 Å². The zero-order valence-corrected chi connectivity index (χ0v) is 7.67. The van der Waals surface area contributed by atoms with Crippen molar-refractivity contribution in [2.24, 2.45) is 0 Å². The van der Waals surface area contributed by atoms with Crippen molar-refractivity contribution >= 4 is 9.84 Å². The first-order valence-electron chi connectivity index (χ1n) is 3.77. The molecule has 0 aliphatic carbocycles. The number of hydrogen-bond acceptors (Lipinski definition) is 2. The molecule has 0 atom stereocenters. The Kier molecular flexibility index (Phi) is 2.80. The molecule has 0 aromatic carbocycles. The van der Waals surface area contributed by atoms with Crippen LogP contribution in [0.25, 0.3) is 0 Å². The highest BCUT2D eigenvalue weighted by Crippen LogP contribution is 2.02. The van der Waals surface area contributed by atoms with E-state index >= 15 is 0 Å². The van der Waals surface area contributed by atoms with Crippen LogP contribution in [0, 0.1) is 0 Å². The van der Waals surface area contributed by atoms with Crippen molar-refractivity contribution in [3.05, 3.63) is 12.4 Å². The van der Waals surface area contributed by atoms with Gasteiger partial charge in [0, 0.05) is 18.9 Å². The van der Waals surface area contributed by atoms with Crippen molar-refractivity contribution in [1.82, 2.24) is 9.13 Å². The van der Waals surface area contributed by atoms with E-state index in [1.165, 1.54) is 19.4 Å². The third kappa shape index (κ3) is 2.06. The number of hydrogen-bond donors (Lipinski definition) is 0. The molecule has 0 saturated heterocycles. The van der Waals surface area contributed by atoms with Crippen LogP contribution in [0.2, 0.25) is 0 Å². The molecule has 0 unspecified atom stereocenters. The van der Waals surface area contributed by atoms with Gasteiger partial charge >= 0.3 is 9.84 Å². The minimum Gasteiger partial charge on any atom is -0.388 e. The van der Waals surface area contributed by atoms with E-state index in [2.05, 4.69) is 35.5 Å². The van der Waals surface area contributed by atoms with E-state index < -0.39 is 0 Å². The Balaban J connectivity index is 2.14. The fourth-order valence-electron chi connectivity index (χ4n) is 0.903. The molecule has 3 heteroatoms. The first-order chi connectivity index (χ1) is 4.83. The van der Waals surface area contributed by atoms with Crippen LogP contribution in [0.3, 0.4) is 0 Å². The molecule has 56 valence electrons. The molecule has 2 radical (unpaired) electrons. The monoisotopic (exact) mass is 154 g/mol. The molecule has 0 amide bonds. The van der Waals surface area contributed by atoms with Gasteiger partial charge in [0.25, 0.3) is 0 Å². The Morgan fingerprint density at radius 3 is 2.70 bits per heavy atom. The van der Waals surface area contributed by atoms with Gasteiger partial charge in [0.1, 0.15) is 0 Å². The zero-order chi connectivity index (χ0) is 7.40. The van der Waals surface area contributed by atoms with Crippen molar-refractivity contribution in [2.45, 2.75) is 19.8 Å². The Morgan fingerprint density at radius 2 is 2.20 bits per heavy atom. The smallest absolute Gasteiger partial charge is 0.331 e. The van der Waals surface area contributed by atoms with E-state index in [0.717, 1.165) is 9.84 Å². The van der Waals surface area contributed by atoms with E-state index in [-0.39, 0.29) is 0 Å². The van der Waals surface area contributed by atoms with Crippen molar-refractivity contribution in [1.29, 1.82) is 0 Å². The van der Waals surface area contributed by atoms with Crippen LogP contribution in [-0.4, -0.2) is 32.6 Å². The summed E-state index contributed by atoms with van der Waals surface area (Å²) in [6, 6.07) is 0. The quantitative estimate of drug-likeness (QED) is 0.560. The van der Waals surface area contributed by atoms with Crippen LogP contribution < -0.4 is 0 Å². The molecule has 10 heavy (non-hydrogen) atoms. The predicted octanol–water partition coefficient (Wildman–Crippen LogP) is 1.04. The maximum atomic E-state index is 2.36. The Labute approximate surface area is 65.5 Å². The molecule has 1 rings (SSSR count). The van der Waals surface area contributed by atoms with Crippen LogP contribution in [0.1, 0.15) is 19.8 Å². The highest BCUT2D eigenvalue weighted by molar-refractivity contribution is 6.30. The molecule has 0 aromatic rings. The van der Waals surface area contributed by atoms with Crippen molar-refractivity contribution in [3.63, 3.8) is 0 Å². The second kappa shape index (κ2) is 3.66. The predicted molar refractivity (Wildman–Crippen MR) is 44.3 cm³/mol. The molecule has 0 saturated carbocycles. The first kappa shape index (κ1) is 7.66. The van der Waals surface area contributed by atoms with Crippen molar-refractivity contribution < 1.29 is 0 Å². The number of rotatable bonds is 3. The lowest BCUT2D eigenvalue weighted by Crippen LogP contribution is -2.27. The maximum absolute atomic E-state index is 2.36. The lowest BCUT2D eigenvalue weighted by Gasteiger charge is -2.14. The van der Waals surface area contributed by atoms with Crippen LogP contribution in [0.15, 0.2) is 12.4 Å². The van der Waals surface area contributed by atoms with Crippen LogP contribution in [0.4, 0.5) is 0 Å². The lowest BCUT2D eigenvalue weighted by atomic mass is 10.3. The molecular weight excluding hydrogens is 140 g/mol. The summed E-state index contributed by atoms with van der Waals surface area (Å²) < 4.78 is 4.58. The molecule has 0 spiro atoms. The summed E-state index contributed by atoms with van der Waals surface area (Å²) in [5, 5.41) is 0. The normalized spacial score (nSPS) is 17.0. The molecule has 2 nitrogen and oxygen atoms in total. The summed E-state index contributed by atoms with van der Waals surface area (Å²) >= 11 is 0. The van der Waals surface area contributed by atoms with Gasteiger partial charge in [-0.1, -0.05) is 13.3 Å². The van der Waals surface area contributed by atoms with Gasteiger partial charge < -0.3 is 9.13 Å². The van der Waals surface area contributed by atoms with Crippen LogP contribution in [-0.2, 0) is 0 Å². The van der Waals surface area contributed by atoms with E-state index in [4.69, 9.17) is 0 Å². The van der Waals surface area contributed by atoms with Gasteiger partial charge in [-0.05, 0) is 13.5 Å². The minimum atomic E-state index is 0.839. The summed E-state index contributed by atoms with van der Waals surface area (Å²) in [6.07, 6.45) is 6.91. The summed E-state index contributed by atoms with van der Waals surface area (Å²) in [5.74, 6) is 0. The third-order valence-corrected chi connectivity index (χ3v) is 2.60. The van der Waals surface area contributed by atoms with E-state index in [1.54, 1.807) is 0 Å². The molecule has 1 aliphatic heterocycles. The topological polar surface area (TPSA) is 6.48 Å². The fourth-order valence-corrected chi connectivity index (χ4v) is 1.83. The van der Waals surface area contributed by atoms with Gasteiger partial charge in [0.2, 0.25) is 0 Å². The van der Waals surface area contributed by atoms with Gasteiger partial charge in [0.05, 0.1) is 0 Å². The minimum absolute atomic E-state index is 0.839. The first-order valence-corrected chi connectivity index (χ1v) is 4.66. The molecule has 0 aromatic heterocycles.